The molecule has 1 aromatic carbocycles. The zero-order valence-electron chi connectivity index (χ0n) is 18.5. The van der Waals surface area contributed by atoms with Crippen LogP contribution in [0.25, 0.3) is 0 Å². The van der Waals surface area contributed by atoms with Gasteiger partial charge in [0.05, 0.1) is 7.11 Å². The highest BCUT2D eigenvalue weighted by molar-refractivity contribution is 5.90. The predicted molar refractivity (Wildman–Crippen MR) is 114 cm³/mol. The van der Waals surface area contributed by atoms with E-state index >= 15 is 0 Å². The number of unbranched alkanes of at least 4 members (excludes halogenated alkanes) is 1. The zero-order chi connectivity index (χ0) is 21.3. The number of esters is 1. The van der Waals surface area contributed by atoms with Crippen LogP contribution in [-0.2, 0) is 17.6 Å². The Kier molecular flexibility index (Phi) is 6.79. The van der Waals surface area contributed by atoms with Gasteiger partial charge in [-0.15, -0.1) is 0 Å². The number of ether oxygens (including phenoxy) is 1. The van der Waals surface area contributed by atoms with Crippen LogP contribution in [0.15, 0.2) is 6.07 Å². The van der Waals surface area contributed by atoms with Gasteiger partial charge in [-0.3, -0.25) is 0 Å². The lowest BCUT2D eigenvalue weighted by molar-refractivity contribution is 0.0588. The van der Waals surface area contributed by atoms with Crippen LogP contribution in [0.4, 0.5) is 8.78 Å². The van der Waals surface area contributed by atoms with Crippen LogP contribution in [0, 0.1) is 41.2 Å². The maximum Gasteiger partial charge on any atom is 0.343 e. The van der Waals surface area contributed by atoms with E-state index in [-0.39, 0.29) is 0 Å². The third-order valence-corrected chi connectivity index (χ3v) is 8.44. The Balaban J connectivity index is 1.41. The smallest absolute Gasteiger partial charge is 0.343 e. The lowest BCUT2D eigenvalue weighted by atomic mass is 9.60. The number of benzene rings is 1. The molecule has 5 unspecified atom stereocenters. The van der Waals surface area contributed by atoms with Gasteiger partial charge in [0.2, 0.25) is 0 Å². The minimum atomic E-state index is -0.928. The molecule has 4 rings (SSSR count). The van der Waals surface area contributed by atoms with Crippen molar-refractivity contribution in [2.24, 2.45) is 29.6 Å². The summed E-state index contributed by atoms with van der Waals surface area (Å²) in [6.07, 6.45) is 14.5. The van der Waals surface area contributed by atoms with Crippen LogP contribution in [0.5, 0.6) is 0 Å². The first-order valence-corrected chi connectivity index (χ1v) is 12.1. The molecule has 0 amide bonds. The standard InChI is InChI=1S/C26H36F2O2/c1-3-4-5-16-6-7-18-13-19(9-8-17(18)12-16)20-10-11-22-21(14-20)15-23(27)24(25(22)28)26(29)30-2/h15-20H,3-14H2,1-2H3. The number of halogens is 2. The lowest BCUT2D eigenvalue weighted by Gasteiger charge is -2.45. The van der Waals surface area contributed by atoms with Crippen molar-refractivity contribution < 1.29 is 18.3 Å². The van der Waals surface area contributed by atoms with E-state index < -0.39 is 23.2 Å². The molecular weight excluding hydrogens is 382 g/mol. The van der Waals surface area contributed by atoms with E-state index in [1.807, 2.05) is 0 Å². The molecule has 1 aromatic rings. The average molecular weight is 419 g/mol. The van der Waals surface area contributed by atoms with E-state index in [1.54, 1.807) is 0 Å². The van der Waals surface area contributed by atoms with Crippen molar-refractivity contribution in [3.63, 3.8) is 0 Å². The first kappa shape index (κ1) is 21.8. The van der Waals surface area contributed by atoms with Crippen LogP contribution < -0.4 is 0 Å². The monoisotopic (exact) mass is 418 g/mol. The Morgan fingerprint density at radius 1 is 1.03 bits per heavy atom. The van der Waals surface area contributed by atoms with E-state index in [0.29, 0.717) is 23.8 Å². The van der Waals surface area contributed by atoms with Gasteiger partial charge in [0.1, 0.15) is 17.2 Å². The molecule has 5 atom stereocenters. The van der Waals surface area contributed by atoms with Gasteiger partial charge in [0.25, 0.3) is 0 Å². The molecule has 3 aliphatic rings. The molecule has 3 aliphatic carbocycles. The number of carbonyl (C=O) groups is 1. The van der Waals surface area contributed by atoms with Crippen molar-refractivity contribution in [3.05, 3.63) is 34.4 Å². The van der Waals surface area contributed by atoms with Crippen LogP contribution >= 0.6 is 0 Å². The first-order valence-electron chi connectivity index (χ1n) is 12.1. The molecular formula is C26H36F2O2. The zero-order valence-corrected chi connectivity index (χ0v) is 18.5. The van der Waals surface area contributed by atoms with Crippen molar-refractivity contribution in [1.82, 2.24) is 0 Å². The molecule has 0 aliphatic heterocycles. The average Bonchev–Trinajstić information content (AvgIpc) is 2.76. The second-order valence-corrected chi connectivity index (χ2v) is 10.1. The number of fused-ring (bicyclic) bond motifs is 2. The van der Waals surface area contributed by atoms with Crippen molar-refractivity contribution in [2.75, 3.05) is 7.11 Å². The maximum atomic E-state index is 14.8. The van der Waals surface area contributed by atoms with Crippen molar-refractivity contribution >= 4 is 5.97 Å². The van der Waals surface area contributed by atoms with E-state index in [2.05, 4.69) is 11.7 Å². The summed E-state index contributed by atoms with van der Waals surface area (Å²) in [5, 5.41) is 0. The Morgan fingerprint density at radius 2 is 1.73 bits per heavy atom. The Hall–Kier alpha value is -1.45. The number of hydrogen-bond acceptors (Lipinski definition) is 2. The Morgan fingerprint density at radius 3 is 2.47 bits per heavy atom. The molecule has 2 saturated carbocycles. The number of methoxy groups -OCH3 is 1. The molecule has 4 heteroatoms. The summed E-state index contributed by atoms with van der Waals surface area (Å²) in [4.78, 5) is 11.8. The third-order valence-electron chi connectivity index (χ3n) is 8.44. The number of hydrogen-bond donors (Lipinski definition) is 0. The summed E-state index contributed by atoms with van der Waals surface area (Å²) < 4.78 is 33.8. The highest BCUT2D eigenvalue weighted by Crippen LogP contribution is 2.49. The molecule has 166 valence electrons. The fourth-order valence-electron chi connectivity index (χ4n) is 6.77. The van der Waals surface area contributed by atoms with Gasteiger partial charge in [0.15, 0.2) is 0 Å². The molecule has 0 aromatic heterocycles. The van der Waals surface area contributed by atoms with Gasteiger partial charge in [-0.2, -0.15) is 0 Å². The van der Waals surface area contributed by atoms with Crippen molar-refractivity contribution in [2.45, 2.75) is 84.0 Å². The molecule has 0 radical (unpaired) electrons. The van der Waals surface area contributed by atoms with Gasteiger partial charge >= 0.3 is 5.97 Å². The molecule has 30 heavy (non-hydrogen) atoms. The number of carbonyl (C=O) groups excluding carboxylic acids is 1. The highest BCUT2D eigenvalue weighted by Gasteiger charge is 2.39. The summed E-state index contributed by atoms with van der Waals surface area (Å²) in [5.41, 5.74) is 0.757. The van der Waals surface area contributed by atoms with E-state index in [4.69, 9.17) is 0 Å². The topological polar surface area (TPSA) is 26.3 Å². The van der Waals surface area contributed by atoms with Crippen molar-refractivity contribution in [1.29, 1.82) is 0 Å². The highest BCUT2D eigenvalue weighted by atomic mass is 19.1. The fourth-order valence-corrected chi connectivity index (χ4v) is 6.77. The Bertz CT molecular complexity index is 775. The first-order chi connectivity index (χ1) is 14.5. The molecule has 0 spiro atoms. The van der Waals surface area contributed by atoms with Crippen LogP contribution in [0.3, 0.4) is 0 Å². The van der Waals surface area contributed by atoms with Gasteiger partial charge in [-0.25, -0.2) is 13.6 Å². The van der Waals surface area contributed by atoms with Gasteiger partial charge in [-0.1, -0.05) is 32.6 Å². The second kappa shape index (κ2) is 9.36. The van der Waals surface area contributed by atoms with Crippen molar-refractivity contribution in [3.8, 4) is 0 Å². The summed E-state index contributed by atoms with van der Waals surface area (Å²) in [5.74, 6) is 1.49. The summed E-state index contributed by atoms with van der Waals surface area (Å²) in [6.45, 7) is 2.28. The predicted octanol–water partition coefficient (Wildman–Crippen LogP) is 6.88. The molecule has 0 heterocycles. The van der Waals surface area contributed by atoms with Crippen LogP contribution in [0.2, 0.25) is 0 Å². The second-order valence-electron chi connectivity index (χ2n) is 10.1. The van der Waals surface area contributed by atoms with Crippen LogP contribution in [-0.4, -0.2) is 13.1 Å². The van der Waals surface area contributed by atoms with Gasteiger partial charge in [-0.05, 0) is 98.1 Å². The molecule has 0 saturated heterocycles. The normalized spacial score (nSPS) is 31.0. The molecule has 2 fully saturated rings. The van der Waals surface area contributed by atoms with Crippen LogP contribution in [0.1, 0.15) is 92.6 Å². The fraction of sp³-hybridized carbons (Fsp3) is 0.731. The SMILES string of the molecule is CCCCC1CCC2CC(C3CCc4c(cc(F)c(C(=O)OC)c4F)C3)CCC2C1. The Labute approximate surface area is 179 Å². The largest absolute Gasteiger partial charge is 0.465 e. The molecule has 0 N–H and O–H groups in total. The maximum absolute atomic E-state index is 14.8. The number of rotatable bonds is 5. The van der Waals surface area contributed by atoms with Gasteiger partial charge < -0.3 is 4.74 Å². The van der Waals surface area contributed by atoms with E-state index in [9.17, 15) is 13.6 Å². The summed E-state index contributed by atoms with van der Waals surface area (Å²) >= 11 is 0. The minimum absolute atomic E-state index is 0.513. The quantitative estimate of drug-likeness (QED) is 0.487. The summed E-state index contributed by atoms with van der Waals surface area (Å²) in [7, 11) is 1.16. The minimum Gasteiger partial charge on any atom is -0.465 e. The van der Waals surface area contributed by atoms with E-state index in [1.165, 1.54) is 63.9 Å². The van der Waals surface area contributed by atoms with E-state index in [0.717, 1.165) is 43.3 Å². The lowest BCUT2D eigenvalue weighted by Crippen LogP contribution is -2.35. The molecule has 0 bridgehead atoms. The molecule has 2 nitrogen and oxygen atoms in total. The van der Waals surface area contributed by atoms with Gasteiger partial charge in [0, 0.05) is 0 Å². The third kappa shape index (κ3) is 4.29. The summed E-state index contributed by atoms with van der Waals surface area (Å²) in [6, 6.07) is 1.39.